The molecule has 1 aromatic carbocycles. The molecule has 1 atom stereocenters. The number of aliphatic hydroxyl groups is 1. The van der Waals surface area contributed by atoms with Crippen LogP contribution in [0.2, 0.25) is 0 Å². The number of nitrogens with zero attached hydrogens (tertiary/aromatic N) is 1. The molecule has 0 spiro atoms. The van der Waals surface area contributed by atoms with Gasteiger partial charge in [0.2, 0.25) is 0 Å². The summed E-state index contributed by atoms with van der Waals surface area (Å²) in [6, 6.07) is 8.48. The van der Waals surface area contributed by atoms with Crippen molar-refractivity contribution in [3.63, 3.8) is 0 Å². The lowest BCUT2D eigenvalue weighted by Crippen LogP contribution is -2.23. The van der Waals surface area contributed by atoms with Crippen LogP contribution in [0.15, 0.2) is 42.7 Å². The second kappa shape index (κ2) is 3.64. The third kappa shape index (κ3) is 1.46. The molecule has 1 aliphatic carbocycles. The van der Waals surface area contributed by atoms with Gasteiger partial charge in [0.15, 0.2) is 0 Å². The molecule has 1 unspecified atom stereocenters. The first kappa shape index (κ1) is 10.4. The Morgan fingerprint density at radius 2 is 2.12 bits per heavy atom. The Hall–Kier alpha value is -1.74. The molecule has 1 heterocycles. The van der Waals surface area contributed by atoms with E-state index in [0.29, 0.717) is 24.0 Å². The number of hydrogen-bond acceptors (Lipinski definition) is 2. The highest BCUT2D eigenvalue weighted by atomic mass is 19.1. The van der Waals surface area contributed by atoms with E-state index in [1.807, 2.05) is 6.07 Å². The van der Waals surface area contributed by atoms with E-state index in [2.05, 4.69) is 4.98 Å². The summed E-state index contributed by atoms with van der Waals surface area (Å²) in [5, 5.41) is 10.7. The maximum Gasteiger partial charge on any atom is 0.126 e. The van der Waals surface area contributed by atoms with Crippen LogP contribution in [0, 0.1) is 5.82 Å². The Morgan fingerprint density at radius 1 is 1.24 bits per heavy atom. The van der Waals surface area contributed by atoms with Crippen LogP contribution in [-0.2, 0) is 12.0 Å². The molecule has 0 radical (unpaired) electrons. The molecule has 0 fully saturated rings. The van der Waals surface area contributed by atoms with Crippen molar-refractivity contribution in [3.8, 4) is 0 Å². The summed E-state index contributed by atoms with van der Waals surface area (Å²) in [7, 11) is 0. The van der Waals surface area contributed by atoms with Crippen molar-refractivity contribution < 1.29 is 9.50 Å². The fourth-order valence-corrected chi connectivity index (χ4v) is 2.55. The SMILES string of the molecule is OC1(c2cccnc2)CCc2c(F)cccc21. The van der Waals surface area contributed by atoms with E-state index in [1.54, 1.807) is 30.6 Å². The summed E-state index contributed by atoms with van der Waals surface area (Å²) >= 11 is 0. The zero-order valence-corrected chi connectivity index (χ0v) is 9.23. The summed E-state index contributed by atoms with van der Waals surface area (Å²) in [5.41, 5.74) is 0.930. The minimum absolute atomic E-state index is 0.234. The predicted octanol–water partition coefficient (Wildman–Crippen LogP) is 2.40. The molecule has 2 aromatic rings. The van der Waals surface area contributed by atoms with Crippen molar-refractivity contribution in [2.45, 2.75) is 18.4 Å². The quantitative estimate of drug-likeness (QED) is 0.814. The monoisotopic (exact) mass is 229 g/mol. The molecule has 0 saturated heterocycles. The predicted molar refractivity (Wildman–Crippen MR) is 62.0 cm³/mol. The van der Waals surface area contributed by atoms with Gasteiger partial charge in [-0.25, -0.2) is 4.39 Å². The normalized spacial score (nSPS) is 22.5. The number of pyridine rings is 1. The number of halogens is 1. The minimum Gasteiger partial charge on any atom is -0.380 e. The zero-order valence-electron chi connectivity index (χ0n) is 9.23. The van der Waals surface area contributed by atoms with Crippen molar-refractivity contribution in [1.82, 2.24) is 4.98 Å². The van der Waals surface area contributed by atoms with Crippen molar-refractivity contribution >= 4 is 0 Å². The van der Waals surface area contributed by atoms with Gasteiger partial charge >= 0.3 is 0 Å². The van der Waals surface area contributed by atoms with Crippen LogP contribution in [0.3, 0.4) is 0 Å². The summed E-state index contributed by atoms with van der Waals surface area (Å²) in [5.74, 6) is -0.234. The first-order valence-corrected chi connectivity index (χ1v) is 5.62. The van der Waals surface area contributed by atoms with E-state index < -0.39 is 5.60 Å². The van der Waals surface area contributed by atoms with Gasteiger partial charge in [-0.15, -0.1) is 0 Å². The van der Waals surface area contributed by atoms with E-state index >= 15 is 0 Å². The van der Waals surface area contributed by atoms with E-state index in [4.69, 9.17) is 0 Å². The maximum absolute atomic E-state index is 13.6. The Labute approximate surface area is 98.8 Å². The molecule has 86 valence electrons. The van der Waals surface area contributed by atoms with Gasteiger partial charge in [0, 0.05) is 18.0 Å². The molecule has 1 N–H and O–H groups in total. The van der Waals surface area contributed by atoms with Crippen molar-refractivity contribution in [3.05, 3.63) is 65.2 Å². The van der Waals surface area contributed by atoms with Crippen LogP contribution in [0.25, 0.3) is 0 Å². The van der Waals surface area contributed by atoms with Crippen LogP contribution in [0.1, 0.15) is 23.1 Å². The summed E-state index contributed by atoms with van der Waals surface area (Å²) in [6.45, 7) is 0. The van der Waals surface area contributed by atoms with Crippen molar-refractivity contribution in [2.75, 3.05) is 0 Å². The lowest BCUT2D eigenvalue weighted by Gasteiger charge is -2.24. The van der Waals surface area contributed by atoms with Crippen molar-refractivity contribution in [2.24, 2.45) is 0 Å². The number of aromatic nitrogens is 1. The molecule has 0 aliphatic heterocycles. The Kier molecular flexibility index (Phi) is 2.23. The molecule has 0 saturated carbocycles. The molecule has 17 heavy (non-hydrogen) atoms. The van der Waals surface area contributed by atoms with Crippen LogP contribution in [-0.4, -0.2) is 10.1 Å². The molecule has 3 rings (SSSR count). The lowest BCUT2D eigenvalue weighted by atomic mass is 9.89. The second-order valence-electron chi connectivity index (χ2n) is 4.37. The third-order valence-corrected chi connectivity index (χ3v) is 3.44. The zero-order chi connectivity index (χ0) is 11.9. The standard InChI is InChI=1S/C14H12FNO/c15-13-5-1-4-12-11(13)6-7-14(12,17)10-3-2-8-16-9-10/h1-5,8-9,17H,6-7H2. The van der Waals surface area contributed by atoms with Gasteiger partial charge in [-0.2, -0.15) is 0 Å². The highest BCUT2D eigenvalue weighted by Crippen LogP contribution is 2.42. The molecule has 1 aromatic heterocycles. The number of hydrogen-bond donors (Lipinski definition) is 1. The van der Waals surface area contributed by atoms with Gasteiger partial charge in [-0.05, 0) is 36.1 Å². The summed E-state index contributed by atoms with van der Waals surface area (Å²) < 4.78 is 13.6. The van der Waals surface area contributed by atoms with Gasteiger partial charge in [0.05, 0.1) is 0 Å². The van der Waals surface area contributed by atoms with E-state index in [1.165, 1.54) is 6.07 Å². The van der Waals surface area contributed by atoms with Crippen LogP contribution in [0.5, 0.6) is 0 Å². The highest BCUT2D eigenvalue weighted by molar-refractivity contribution is 5.44. The van der Waals surface area contributed by atoms with Crippen molar-refractivity contribution in [1.29, 1.82) is 0 Å². The second-order valence-corrected chi connectivity index (χ2v) is 4.37. The van der Waals surface area contributed by atoms with Gasteiger partial charge < -0.3 is 5.11 Å². The average Bonchev–Trinajstić information content (AvgIpc) is 2.72. The van der Waals surface area contributed by atoms with Crippen LogP contribution in [0.4, 0.5) is 4.39 Å². The summed E-state index contributed by atoms with van der Waals surface area (Å²) in [4.78, 5) is 4.02. The molecular weight excluding hydrogens is 217 g/mol. The molecule has 0 bridgehead atoms. The Morgan fingerprint density at radius 3 is 2.88 bits per heavy atom. The van der Waals surface area contributed by atoms with E-state index in [9.17, 15) is 9.50 Å². The smallest absolute Gasteiger partial charge is 0.126 e. The Balaban J connectivity index is 2.18. The maximum atomic E-state index is 13.6. The fraction of sp³-hybridized carbons (Fsp3) is 0.214. The molecule has 1 aliphatic rings. The summed E-state index contributed by atoms with van der Waals surface area (Å²) in [6.07, 6.45) is 4.37. The average molecular weight is 229 g/mol. The van der Waals surface area contributed by atoms with E-state index in [-0.39, 0.29) is 5.82 Å². The third-order valence-electron chi connectivity index (χ3n) is 3.44. The van der Waals surface area contributed by atoms with Gasteiger partial charge in [-0.1, -0.05) is 18.2 Å². The Bertz CT molecular complexity index is 555. The first-order chi connectivity index (χ1) is 8.22. The molecule has 0 amide bonds. The van der Waals surface area contributed by atoms with Gasteiger partial charge in [-0.3, -0.25) is 4.98 Å². The minimum atomic E-state index is -1.09. The van der Waals surface area contributed by atoms with E-state index in [0.717, 1.165) is 5.56 Å². The molecule has 3 heteroatoms. The number of rotatable bonds is 1. The number of fused-ring (bicyclic) bond motifs is 1. The topological polar surface area (TPSA) is 33.1 Å². The van der Waals surface area contributed by atoms with Gasteiger partial charge in [0.1, 0.15) is 11.4 Å². The molecular formula is C14H12FNO. The molecule has 2 nitrogen and oxygen atoms in total. The largest absolute Gasteiger partial charge is 0.380 e. The first-order valence-electron chi connectivity index (χ1n) is 5.62. The van der Waals surface area contributed by atoms with Crippen LogP contribution >= 0.6 is 0 Å². The lowest BCUT2D eigenvalue weighted by molar-refractivity contribution is 0.0825. The number of benzene rings is 1. The van der Waals surface area contributed by atoms with Gasteiger partial charge in [0.25, 0.3) is 0 Å². The van der Waals surface area contributed by atoms with Crippen LogP contribution < -0.4 is 0 Å². The highest BCUT2D eigenvalue weighted by Gasteiger charge is 2.39. The fourth-order valence-electron chi connectivity index (χ4n) is 2.55.